The van der Waals surface area contributed by atoms with Gasteiger partial charge >= 0.3 is 6.09 Å². The van der Waals surface area contributed by atoms with E-state index in [1.54, 1.807) is 23.5 Å². The molecule has 1 saturated carbocycles. The topological polar surface area (TPSA) is 133 Å². The Morgan fingerprint density at radius 3 is 2.36 bits per heavy atom. The van der Waals surface area contributed by atoms with Crippen LogP contribution in [0.4, 0.5) is 10.6 Å². The SMILES string of the molecule is Cc1cnc(CNc2ccc(-c3cc(C(=O)NCC4CCC(CN(C(=O)O)C(C)(C)C)CC4)c4ccccc4n3)cn2)cn1. The van der Waals surface area contributed by atoms with E-state index in [0.717, 1.165) is 53.5 Å². The van der Waals surface area contributed by atoms with E-state index in [2.05, 4.69) is 25.6 Å². The van der Waals surface area contributed by atoms with Crippen LogP contribution in [-0.2, 0) is 6.54 Å². The zero-order valence-corrected chi connectivity index (χ0v) is 25.9. The van der Waals surface area contributed by atoms with Crippen molar-refractivity contribution in [3.05, 3.63) is 78.0 Å². The summed E-state index contributed by atoms with van der Waals surface area (Å²) in [6, 6.07) is 13.4. The lowest BCUT2D eigenvalue weighted by atomic mass is 9.81. The highest BCUT2D eigenvalue weighted by Gasteiger charge is 2.31. The number of carbonyl (C=O) groups excluding carboxylic acids is 1. The molecule has 3 heterocycles. The molecule has 0 radical (unpaired) electrons. The Bertz CT molecular complexity index is 1590. The lowest BCUT2D eigenvalue weighted by molar-refractivity contribution is 0.0786. The maximum Gasteiger partial charge on any atom is 0.407 e. The molecule has 0 bridgehead atoms. The number of para-hydroxylation sites is 1. The van der Waals surface area contributed by atoms with Gasteiger partial charge in [0.25, 0.3) is 5.91 Å². The van der Waals surface area contributed by atoms with E-state index in [0.29, 0.717) is 48.5 Å². The van der Waals surface area contributed by atoms with Crippen LogP contribution in [0, 0.1) is 18.8 Å². The molecule has 1 aliphatic carbocycles. The Balaban J connectivity index is 1.22. The first kappa shape index (κ1) is 30.8. The zero-order chi connectivity index (χ0) is 31.3. The molecule has 230 valence electrons. The Morgan fingerprint density at radius 1 is 0.955 bits per heavy atom. The summed E-state index contributed by atoms with van der Waals surface area (Å²) in [6.45, 7) is 9.36. The third-order valence-electron chi connectivity index (χ3n) is 8.30. The molecule has 0 unspecified atom stereocenters. The van der Waals surface area contributed by atoms with Crippen molar-refractivity contribution >= 4 is 28.7 Å². The van der Waals surface area contributed by atoms with Gasteiger partial charge < -0.3 is 20.6 Å². The number of nitrogens with zero attached hydrogens (tertiary/aromatic N) is 5. The quantitative estimate of drug-likeness (QED) is 0.205. The number of carbonyl (C=O) groups is 2. The number of carboxylic acid groups (broad SMARTS) is 1. The molecular formula is C34H41N7O3. The standard InChI is InChI=1S/C34H41N7O3/c1-22-16-36-26(19-35-22)20-38-31-14-13-25(18-37-31)30-15-28(27-7-5-6-8-29(27)40-30)32(42)39-17-23-9-11-24(12-10-23)21-41(33(43)44)34(2,3)4/h5-8,13-16,18-19,23-24H,9-12,17,20-21H2,1-4H3,(H,37,38)(H,39,42)(H,43,44). The van der Waals surface area contributed by atoms with Gasteiger partial charge in [0.1, 0.15) is 5.82 Å². The second kappa shape index (κ2) is 13.4. The fraction of sp³-hybridized carbons (Fsp3) is 0.412. The molecule has 4 aromatic rings. The predicted octanol–water partition coefficient (Wildman–Crippen LogP) is 6.32. The Kier molecular flexibility index (Phi) is 9.37. The van der Waals surface area contributed by atoms with Gasteiger partial charge in [-0.3, -0.25) is 14.8 Å². The molecule has 0 spiro atoms. The number of amides is 2. The zero-order valence-electron chi connectivity index (χ0n) is 25.9. The van der Waals surface area contributed by atoms with Crippen molar-refractivity contribution in [2.45, 2.75) is 65.5 Å². The van der Waals surface area contributed by atoms with Crippen molar-refractivity contribution in [2.75, 3.05) is 18.4 Å². The van der Waals surface area contributed by atoms with Crippen molar-refractivity contribution in [1.82, 2.24) is 30.2 Å². The Labute approximate surface area is 258 Å². The van der Waals surface area contributed by atoms with Gasteiger partial charge in [-0.25, -0.2) is 14.8 Å². The second-order valence-electron chi connectivity index (χ2n) is 12.7. The van der Waals surface area contributed by atoms with Gasteiger partial charge in [-0.2, -0.15) is 0 Å². The first-order valence-corrected chi connectivity index (χ1v) is 15.2. The minimum Gasteiger partial charge on any atom is -0.465 e. The molecule has 3 N–H and O–H groups in total. The third-order valence-corrected chi connectivity index (χ3v) is 8.30. The number of benzene rings is 1. The van der Waals surface area contributed by atoms with Crippen LogP contribution in [0.25, 0.3) is 22.2 Å². The molecule has 2 amide bonds. The van der Waals surface area contributed by atoms with Gasteiger partial charge in [0.15, 0.2) is 0 Å². The van der Waals surface area contributed by atoms with Crippen LogP contribution in [0.15, 0.2) is 61.1 Å². The molecule has 44 heavy (non-hydrogen) atoms. The van der Waals surface area contributed by atoms with E-state index in [1.165, 1.54) is 0 Å². The molecule has 0 aliphatic heterocycles. The average Bonchev–Trinajstić information content (AvgIpc) is 3.01. The number of nitrogens with one attached hydrogen (secondary N) is 2. The number of aromatic nitrogens is 4. The summed E-state index contributed by atoms with van der Waals surface area (Å²) in [5.41, 5.74) is 4.10. The molecule has 10 nitrogen and oxygen atoms in total. The Hall–Kier alpha value is -4.60. The number of fused-ring (bicyclic) bond motifs is 1. The van der Waals surface area contributed by atoms with E-state index in [9.17, 15) is 14.7 Å². The number of pyridine rings is 2. The largest absolute Gasteiger partial charge is 0.465 e. The maximum absolute atomic E-state index is 13.5. The van der Waals surface area contributed by atoms with Crippen LogP contribution in [0.3, 0.4) is 0 Å². The van der Waals surface area contributed by atoms with Gasteiger partial charge in [0.2, 0.25) is 0 Å². The van der Waals surface area contributed by atoms with Crippen molar-refractivity contribution < 1.29 is 14.7 Å². The number of aryl methyl sites for hydroxylation is 1. The molecule has 1 aliphatic rings. The maximum atomic E-state index is 13.5. The van der Waals surface area contributed by atoms with Gasteiger partial charge in [0, 0.05) is 42.0 Å². The summed E-state index contributed by atoms with van der Waals surface area (Å²) in [4.78, 5) is 44.9. The fourth-order valence-corrected chi connectivity index (χ4v) is 5.70. The molecule has 3 aromatic heterocycles. The minimum atomic E-state index is -0.868. The molecule has 10 heteroatoms. The predicted molar refractivity (Wildman–Crippen MR) is 171 cm³/mol. The normalized spacial score (nSPS) is 16.8. The monoisotopic (exact) mass is 595 g/mol. The lowest BCUT2D eigenvalue weighted by Gasteiger charge is -2.38. The van der Waals surface area contributed by atoms with Crippen molar-refractivity contribution in [2.24, 2.45) is 11.8 Å². The molecular weight excluding hydrogens is 554 g/mol. The molecule has 0 atom stereocenters. The smallest absolute Gasteiger partial charge is 0.407 e. The number of rotatable bonds is 9. The molecule has 0 saturated heterocycles. The Morgan fingerprint density at radius 2 is 1.70 bits per heavy atom. The van der Waals surface area contributed by atoms with Crippen LogP contribution in [0.1, 0.15) is 68.2 Å². The first-order chi connectivity index (χ1) is 21.1. The van der Waals surface area contributed by atoms with E-state index in [4.69, 9.17) is 4.98 Å². The van der Waals surface area contributed by atoms with Gasteiger partial charge in [-0.05, 0) is 89.5 Å². The van der Waals surface area contributed by atoms with Gasteiger partial charge in [0.05, 0.1) is 40.9 Å². The summed E-state index contributed by atoms with van der Waals surface area (Å²) < 4.78 is 0. The van der Waals surface area contributed by atoms with Crippen LogP contribution < -0.4 is 10.6 Å². The number of anilines is 1. The van der Waals surface area contributed by atoms with Crippen LogP contribution in [-0.4, -0.2) is 60.6 Å². The fourth-order valence-electron chi connectivity index (χ4n) is 5.70. The average molecular weight is 596 g/mol. The molecule has 1 aromatic carbocycles. The summed E-state index contributed by atoms with van der Waals surface area (Å²) >= 11 is 0. The highest BCUT2D eigenvalue weighted by Crippen LogP contribution is 2.31. The van der Waals surface area contributed by atoms with Crippen molar-refractivity contribution in [1.29, 1.82) is 0 Å². The van der Waals surface area contributed by atoms with Gasteiger partial charge in [-0.1, -0.05) is 18.2 Å². The van der Waals surface area contributed by atoms with E-state index < -0.39 is 11.6 Å². The molecule has 5 rings (SSSR count). The highest BCUT2D eigenvalue weighted by molar-refractivity contribution is 6.07. The van der Waals surface area contributed by atoms with E-state index in [1.807, 2.05) is 70.2 Å². The summed E-state index contributed by atoms with van der Waals surface area (Å²) in [5, 5.41) is 16.9. The van der Waals surface area contributed by atoms with E-state index in [-0.39, 0.29) is 5.91 Å². The molecule has 1 fully saturated rings. The van der Waals surface area contributed by atoms with Crippen molar-refractivity contribution in [3.63, 3.8) is 0 Å². The lowest BCUT2D eigenvalue weighted by Crippen LogP contribution is -2.47. The van der Waals surface area contributed by atoms with Crippen LogP contribution in [0.2, 0.25) is 0 Å². The summed E-state index contributed by atoms with van der Waals surface area (Å²) in [6.07, 6.45) is 8.22. The summed E-state index contributed by atoms with van der Waals surface area (Å²) in [7, 11) is 0. The minimum absolute atomic E-state index is 0.123. The van der Waals surface area contributed by atoms with Crippen LogP contribution in [0.5, 0.6) is 0 Å². The van der Waals surface area contributed by atoms with Crippen molar-refractivity contribution in [3.8, 4) is 11.3 Å². The number of hydrogen-bond acceptors (Lipinski definition) is 7. The third kappa shape index (κ3) is 7.67. The van der Waals surface area contributed by atoms with Gasteiger partial charge in [-0.15, -0.1) is 0 Å². The second-order valence-corrected chi connectivity index (χ2v) is 12.7. The summed E-state index contributed by atoms with van der Waals surface area (Å²) in [5.74, 6) is 1.29. The highest BCUT2D eigenvalue weighted by atomic mass is 16.4. The van der Waals surface area contributed by atoms with E-state index >= 15 is 0 Å². The van der Waals surface area contributed by atoms with Crippen LogP contribution >= 0.6 is 0 Å². The first-order valence-electron chi connectivity index (χ1n) is 15.2. The number of hydrogen-bond donors (Lipinski definition) is 3.